The molecule has 1 aliphatic heterocycles. The van der Waals surface area contributed by atoms with Crippen LogP contribution in [0.1, 0.15) is 34.6 Å². The fraction of sp³-hybridized carbons (Fsp3) is 0.458. The number of ketones is 1. The molecule has 33 heavy (non-hydrogen) atoms. The lowest BCUT2D eigenvalue weighted by atomic mass is 10.2. The highest BCUT2D eigenvalue weighted by atomic mass is 35.5. The van der Waals surface area contributed by atoms with Crippen LogP contribution in [0.4, 0.5) is 0 Å². The van der Waals surface area contributed by atoms with Gasteiger partial charge in [0.05, 0.1) is 35.9 Å². The maximum absolute atomic E-state index is 13.1. The van der Waals surface area contributed by atoms with Gasteiger partial charge in [0, 0.05) is 42.2 Å². The van der Waals surface area contributed by atoms with Gasteiger partial charge in [0.15, 0.2) is 10.9 Å². The number of aryl methyl sites for hydroxylation is 1. The molecule has 3 aromatic rings. The van der Waals surface area contributed by atoms with Crippen molar-refractivity contribution >= 4 is 40.0 Å². The minimum Gasteiger partial charge on any atom is -0.383 e. The first-order valence-corrected chi connectivity index (χ1v) is 12.4. The van der Waals surface area contributed by atoms with Gasteiger partial charge < -0.3 is 14.0 Å². The molecule has 0 bridgehead atoms. The van der Waals surface area contributed by atoms with E-state index in [1.807, 2.05) is 19.9 Å². The summed E-state index contributed by atoms with van der Waals surface area (Å²) in [6.07, 6.45) is 2.34. The van der Waals surface area contributed by atoms with Crippen LogP contribution >= 0.6 is 23.4 Å². The standard InChI is InChI=1S/C24H28ClN3O4S/c1-15-11-20(16(2)28(15)13-18-5-4-9-32-18)22(29)14-33-24-26-21-12-17(25)6-7-19(21)23(30)27(24)8-10-31-3/h6-7,11-12,18H,4-5,8-10,13-14H2,1-3H3/t18-/m1/s1. The molecule has 4 rings (SSSR count). The molecule has 0 saturated carbocycles. The van der Waals surface area contributed by atoms with Gasteiger partial charge in [-0.3, -0.25) is 14.2 Å². The van der Waals surface area contributed by atoms with Gasteiger partial charge in [-0.25, -0.2) is 4.98 Å². The molecule has 1 aromatic carbocycles. The molecule has 0 unspecified atom stereocenters. The van der Waals surface area contributed by atoms with Crippen molar-refractivity contribution in [2.24, 2.45) is 0 Å². The van der Waals surface area contributed by atoms with Crippen LogP contribution in [0.25, 0.3) is 10.9 Å². The van der Waals surface area contributed by atoms with Crippen LogP contribution in [0.15, 0.2) is 34.2 Å². The molecule has 0 N–H and O–H groups in total. The van der Waals surface area contributed by atoms with Crippen LogP contribution in [-0.4, -0.2) is 52.1 Å². The lowest BCUT2D eigenvalue weighted by molar-refractivity contribution is 0.0957. The number of rotatable bonds is 9. The van der Waals surface area contributed by atoms with E-state index in [1.165, 1.54) is 11.8 Å². The van der Waals surface area contributed by atoms with E-state index in [2.05, 4.69) is 9.55 Å². The number of nitrogens with zero attached hydrogens (tertiary/aromatic N) is 3. The minimum atomic E-state index is -0.168. The molecule has 1 aliphatic rings. The Kier molecular flexibility index (Phi) is 7.58. The second-order valence-corrected chi connectivity index (χ2v) is 9.63. The number of Topliss-reactive ketones (excluding diaryl/α,β-unsaturated/α-hetero) is 1. The summed E-state index contributed by atoms with van der Waals surface area (Å²) in [4.78, 5) is 30.8. The lowest BCUT2D eigenvalue weighted by Gasteiger charge is -2.15. The predicted octanol–water partition coefficient (Wildman–Crippen LogP) is 4.27. The van der Waals surface area contributed by atoms with Gasteiger partial charge in [0.25, 0.3) is 5.56 Å². The first-order chi connectivity index (χ1) is 15.9. The van der Waals surface area contributed by atoms with Crippen molar-refractivity contribution in [2.75, 3.05) is 26.1 Å². The zero-order valence-corrected chi connectivity index (χ0v) is 20.7. The van der Waals surface area contributed by atoms with E-state index in [0.717, 1.165) is 37.4 Å². The number of hydrogen-bond acceptors (Lipinski definition) is 6. The van der Waals surface area contributed by atoms with Crippen LogP contribution in [0.5, 0.6) is 0 Å². The van der Waals surface area contributed by atoms with E-state index in [4.69, 9.17) is 21.1 Å². The summed E-state index contributed by atoms with van der Waals surface area (Å²) in [6, 6.07) is 6.97. The molecule has 1 fully saturated rings. The molecule has 7 nitrogen and oxygen atoms in total. The lowest BCUT2D eigenvalue weighted by Crippen LogP contribution is -2.25. The molecule has 0 amide bonds. The molecule has 1 saturated heterocycles. The van der Waals surface area contributed by atoms with Gasteiger partial charge in [-0.1, -0.05) is 23.4 Å². The molecule has 0 aliphatic carbocycles. The number of methoxy groups -OCH3 is 1. The van der Waals surface area contributed by atoms with Crippen molar-refractivity contribution < 1.29 is 14.3 Å². The van der Waals surface area contributed by atoms with Crippen LogP contribution in [0, 0.1) is 13.8 Å². The van der Waals surface area contributed by atoms with Gasteiger partial charge in [0.1, 0.15) is 0 Å². The number of thioether (sulfide) groups is 1. The second-order valence-electron chi connectivity index (χ2n) is 8.25. The average molecular weight is 490 g/mol. The average Bonchev–Trinajstić information content (AvgIpc) is 3.40. The van der Waals surface area contributed by atoms with E-state index in [1.54, 1.807) is 29.9 Å². The predicted molar refractivity (Wildman–Crippen MR) is 131 cm³/mol. The molecular weight excluding hydrogens is 462 g/mol. The number of hydrogen-bond donors (Lipinski definition) is 0. The number of halogens is 1. The van der Waals surface area contributed by atoms with E-state index in [0.29, 0.717) is 39.8 Å². The van der Waals surface area contributed by atoms with E-state index < -0.39 is 0 Å². The Morgan fingerprint density at radius 3 is 2.85 bits per heavy atom. The van der Waals surface area contributed by atoms with Gasteiger partial charge >= 0.3 is 0 Å². The summed E-state index contributed by atoms with van der Waals surface area (Å²) in [5.74, 6) is 0.181. The fourth-order valence-corrected chi connectivity index (χ4v) is 5.30. The molecule has 0 spiro atoms. The first-order valence-electron chi connectivity index (χ1n) is 11.0. The largest absolute Gasteiger partial charge is 0.383 e. The number of fused-ring (bicyclic) bond motifs is 1. The van der Waals surface area contributed by atoms with Crippen molar-refractivity contribution in [2.45, 2.75) is 51.0 Å². The topological polar surface area (TPSA) is 75.3 Å². The summed E-state index contributed by atoms with van der Waals surface area (Å²) >= 11 is 7.37. The maximum Gasteiger partial charge on any atom is 0.262 e. The molecule has 3 heterocycles. The van der Waals surface area contributed by atoms with Gasteiger partial charge in [-0.2, -0.15) is 0 Å². The molecule has 0 radical (unpaired) electrons. The minimum absolute atomic E-state index is 0.00502. The Morgan fingerprint density at radius 2 is 2.12 bits per heavy atom. The van der Waals surface area contributed by atoms with E-state index >= 15 is 0 Å². The van der Waals surface area contributed by atoms with Crippen molar-refractivity contribution in [3.8, 4) is 0 Å². The van der Waals surface area contributed by atoms with Crippen molar-refractivity contribution in [3.63, 3.8) is 0 Å². The molecule has 176 valence electrons. The van der Waals surface area contributed by atoms with E-state index in [9.17, 15) is 9.59 Å². The van der Waals surface area contributed by atoms with Crippen LogP contribution in [-0.2, 0) is 22.6 Å². The SMILES string of the molecule is COCCn1c(SCC(=O)c2cc(C)n(C[C@H]3CCCO3)c2C)nc2cc(Cl)ccc2c1=O. The number of benzene rings is 1. The summed E-state index contributed by atoms with van der Waals surface area (Å²) < 4.78 is 14.7. The van der Waals surface area contributed by atoms with E-state index in [-0.39, 0.29) is 23.2 Å². The highest BCUT2D eigenvalue weighted by molar-refractivity contribution is 7.99. The smallest absolute Gasteiger partial charge is 0.262 e. The summed E-state index contributed by atoms with van der Waals surface area (Å²) in [7, 11) is 1.59. The molecular formula is C24H28ClN3O4S. The molecule has 9 heteroatoms. The Balaban J connectivity index is 1.57. The van der Waals surface area contributed by atoms with Gasteiger partial charge in [0.2, 0.25) is 0 Å². The number of carbonyl (C=O) groups excluding carboxylic acids is 1. The highest BCUT2D eigenvalue weighted by Gasteiger charge is 2.22. The van der Waals surface area contributed by atoms with Crippen molar-refractivity contribution in [3.05, 3.63) is 56.6 Å². The van der Waals surface area contributed by atoms with Crippen molar-refractivity contribution in [1.82, 2.24) is 14.1 Å². The van der Waals surface area contributed by atoms with Crippen molar-refractivity contribution in [1.29, 1.82) is 0 Å². The Bertz CT molecular complexity index is 1230. The van der Waals surface area contributed by atoms with Crippen LogP contribution in [0.2, 0.25) is 5.02 Å². The number of carbonyl (C=O) groups is 1. The third kappa shape index (κ3) is 5.19. The zero-order chi connectivity index (χ0) is 23.5. The zero-order valence-electron chi connectivity index (χ0n) is 19.1. The Labute approximate surface area is 202 Å². The quantitative estimate of drug-likeness (QED) is 0.254. The van der Waals surface area contributed by atoms with Gasteiger partial charge in [-0.15, -0.1) is 0 Å². The monoisotopic (exact) mass is 489 g/mol. The maximum atomic E-state index is 13.1. The Morgan fingerprint density at radius 1 is 1.30 bits per heavy atom. The Hall–Kier alpha value is -2.13. The third-order valence-corrected chi connectivity index (χ3v) is 7.23. The van der Waals surface area contributed by atoms with Gasteiger partial charge in [-0.05, 0) is 51.0 Å². The summed E-state index contributed by atoms with van der Waals surface area (Å²) in [5, 5.41) is 1.48. The molecule has 2 aromatic heterocycles. The first kappa shape index (κ1) is 24.0. The fourth-order valence-electron chi connectivity index (χ4n) is 4.23. The molecule has 1 atom stereocenters. The van der Waals surface area contributed by atoms with Crippen LogP contribution in [0.3, 0.4) is 0 Å². The third-order valence-electron chi connectivity index (χ3n) is 6.02. The number of aromatic nitrogens is 3. The summed E-state index contributed by atoms with van der Waals surface area (Å²) in [6.45, 7) is 6.29. The number of ether oxygens (including phenoxy) is 2. The normalized spacial score (nSPS) is 16.1. The highest BCUT2D eigenvalue weighted by Crippen LogP contribution is 2.24. The van der Waals surface area contributed by atoms with Crippen LogP contribution < -0.4 is 5.56 Å². The second kappa shape index (κ2) is 10.4. The summed E-state index contributed by atoms with van der Waals surface area (Å²) in [5.41, 5.74) is 3.05.